The number of benzene rings is 1. The number of phenols is 2. The molecule has 1 saturated heterocycles. The Hall–Kier alpha value is -1.75. The molecule has 1 heterocycles. The Morgan fingerprint density at radius 2 is 2.00 bits per heavy atom. The highest BCUT2D eigenvalue weighted by atomic mass is 16.3. The van der Waals surface area contributed by atoms with Gasteiger partial charge in [0.2, 0.25) is 0 Å². The molecule has 1 amide bonds. The largest absolute Gasteiger partial charge is 0.504 e. The number of hydrogen-bond donors (Lipinski definition) is 4. The van der Waals surface area contributed by atoms with Crippen molar-refractivity contribution in [2.45, 2.75) is 19.3 Å². The summed E-state index contributed by atoms with van der Waals surface area (Å²) in [4.78, 5) is 11.8. The fraction of sp³-hybridized carbons (Fsp3) is 0.500. The monoisotopic (exact) mass is 264 g/mol. The lowest BCUT2D eigenvalue weighted by atomic mass is 9.95. The maximum Gasteiger partial charge on any atom is 0.251 e. The summed E-state index contributed by atoms with van der Waals surface area (Å²) in [6, 6.07) is 4.08. The predicted octanol–water partition coefficient (Wildman–Crippen LogP) is 1.22. The van der Waals surface area contributed by atoms with Gasteiger partial charge in [-0.25, -0.2) is 0 Å². The first-order valence-electron chi connectivity index (χ1n) is 6.67. The fourth-order valence-corrected chi connectivity index (χ4v) is 2.33. The van der Waals surface area contributed by atoms with E-state index >= 15 is 0 Å². The van der Waals surface area contributed by atoms with Gasteiger partial charge in [-0.15, -0.1) is 0 Å². The van der Waals surface area contributed by atoms with Crippen LogP contribution in [0.3, 0.4) is 0 Å². The van der Waals surface area contributed by atoms with E-state index < -0.39 is 0 Å². The molecular weight excluding hydrogens is 244 g/mol. The van der Waals surface area contributed by atoms with Crippen molar-refractivity contribution in [3.63, 3.8) is 0 Å². The van der Waals surface area contributed by atoms with Gasteiger partial charge in [0.15, 0.2) is 11.5 Å². The van der Waals surface area contributed by atoms with Gasteiger partial charge in [-0.1, -0.05) is 0 Å². The molecule has 0 bridgehead atoms. The third kappa shape index (κ3) is 3.86. The van der Waals surface area contributed by atoms with Crippen LogP contribution in [0.15, 0.2) is 18.2 Å². The molecule has 1 aromatic carbocycles. The summed E-state index contributed by atoms with van der Waals surface area (Å²) in [5.41, 5.74) is 0.362. The Labute approximate surface area is 112 Å². The third-order valence-electron chi connectivity index (χ3n) is 3.53. The molecular formula is C14H20N2O3. The molecule has 4 N–H and O–H groups in total. The minimum Gasteiger partial charge on any atom is -0.504 e. The summed E-state index contributed by atoms with van der Waals surface area (Å²) in [5.74, 6) is -0.0312. The summed E-state index contributed by atoms with van der Waals surface area (Å²) in [6.07, 6.45) is 3.31. The minimum atomic E-state index is -0.272. The van der Waals surface area contributed by atoms with Crippen molar-refractivity contribution in [3.05, 3.63) is 23.8 Å². The first kappa shape index (κ1) is 13.7. The van der Waals surface area contributed by atoms with Crippen LogP contribution in [-0.2, 0) is 0 Å². The van der Waals surface area contributed by atoms with Crippen molar-refractivity contribution in [1.29, 1.82) is 0 Å². The summed E-state index contributed by atoms with van der Waals surface area (Å²) in [5, 5.41) is 24.7. The summed E-state index contributed by atoms with van der Waals surface area (Å²) in [7, 11) is 0. The van der Waals surface area contributed by atoms with Gasteiger partial charge in [-0.3, -0.25) is 4.79 Å². The van der Waals surface area contributed by atoms with Crippen LogP contribution in [-0.4, -0.2) is 35.8 Å². The van der Waals surface area contributed by atoms with Crippen LogP contribution in [0, 0.1) is 5.92 Å². The van der Waals surface area contributed by atoms with Crippen molar-refractivity contribution in [2.24, 2.45) is 5.92 Å². The SMILES string of the molecule is O=C(NCCC1CCNCC1)c1ccc(O)c(O)c1. The Kier molecular flexibility index (Phi) is 4.63. The standard InChI is InChI=1S/C14H20N2O3/c17-12-2-1-11(9-13(12)18)14(19)16-8-5-10-3-6-15-7-4-10/h1-2,9-10,15,17-18H,3-8H2,(H,16,19). The first-order chi connectivity index (χ1) is 9.16. The smallest absolute Gasteiger partial charge is 0.251 e. The lowest BCUT2D eigenvalue weighted by Gasteiger charge is -2.22. The summed E-state index contributed by atoms with van der Waals surface area (Å²) in [6.45, 7) is 2.76. The molecule has 1 aliphatic heterocycles. The average molecular weight is 264 g/mol. The van der Waals surface area contributed by atoms with Crippen molar-refractivity contribution in [2.75, 3.05) is 19.6 Å². The number of carbonyl (C=O) groups excluding carboxylic acids is 1. The Bertz CT molecular complexity index is 442. The number of amides is 1. The normalized spacial score (nSPS) is 16.2. The van der Waals surface area contributed by atoms with Gasteiger partial charge in [-0.05, 0) is 56.5 Å². The van der Waals surface area contributed by atoms with Crippen molar-refractivity contribution >= 4 is 5.91 Å². The second-order valence-corrected chi connectivity index (χ2v) is 4.94. The summed E-state index contributed by atoms with van der Waals surface area (Å²) >= 11 is 0. The zero-order valence-corrected chi connectivity index (χ0v) is 10.9. The van der Waals surface area contributed by atoms with Gasteiger partial charge in [0.25, 0.3) is 5.91 Å². The van der Waals surface area contributed by atoms with E-state index in [0.29, 0.717) is 18.0 Å². The molecule has 0 radical (unpaired) electrons. The van der Waals surface area contributed by atoms with Crippen LogP contribution in [0.1, 0.15) is 29.6 Å². The van der Waals surface area contributed by atoms with Crippen LogP contribution in [0.5, 0.6) is 11.5 Å². The van der Waals surface area contributed by atoms with E-state index in [2.05, 4.69) is 10.6 Å². The van der Waals surface area contributed by atoms with E-state index in [-0.39, 0.29) is 17.4 Å². The maximum atomic E-state index is 11.8. The number of phenolic OH excluding ortho intramolecular Hbond substituents is 2. The highest BCUT2D eigenvalue weighted by molar-refractivity contribution is 5.94. The number of hydrogen-bond acceptors (Lipinski definition) is 4. The second kappa shape index (κ2) is 6.43. The van der Waals surface area contributed by atoms with E-state index in [1.165, 1.54) is 18.2 Å². The van der Waals surface area contributed by atoms with Crippen LogP contribution in [0.2, 0.25) is 0 Å². The Morgan fingerprint density at radius 1 is 1.26 bits per heavy atom. The van der Waals surface area contributed by atoms with Crippen LogP contribution in [0.4, 0.5) is 0 Å². The molecule has 0 unspecified atom stereocenters. The zero-order valence-electron chi connectivity index (χ0n) is 10.9. The van der Waals surface area contributed by atoms with Gasteiger partial charge in [-0.2, -0.15) is 0 Å². The molecule has 0 saturated carbocycles. The Balaban J connectivity index is 1.78. The molecule has 0 atom stereocenters. The molecule has 1 aliphatic rings. The highest BCUT2D eigenvalue weighted by Gasteiger charge is 2.13. The van der Waals surface area contributed by atoms with Crippen LogP contribution in [0.25, 0.3) is 0 Å². The molecule has 19 heavy (non-hydrogen) atoms. The van der Waals surface area contributed by atoms with Crippen molar-refractivity contribution in [1.82, 2.24) is 10.6 Å². The molecule has 1 fully saturated rings. The van der Waals surface area contributed by atoms with E-state index in [9.17, 15) is 15.0 Å². The molecule has 0 aliphatic carbocycles. The van der Waals surface area contributed by atoms with Gasteiger partial charge < -0.3 is 20.8 Å². The maximum absolute atomic E-state index is 11.8. The van der Waals surface area contributed by atoms with E-state index in [1.54, 1.807) is 0 Å². The molecule has 0 aromatic heterocycles. The van der Waals surface area contributed by atoms with Crippen molar-refractivity contribution in [3.8, 4) is 11.5 Å². The van der Waals surface area contributed by atoms with Crippen molar-refractivity contribution < 1.29 is 15.0 Å². The highest BCUT2D eigenvalue weighted by Crippen LogP contribution is 2.24. The van der Waals surface area contributed by atoms with Crippen LogP contribution >= 0.6 is 0 Å². The second-order valence-electron chi connectivity index (χ2n) is 4.94. The molecule has 2 rings (SSSR count). The number of rotatable bonds is 4. The number of carbonyl (C=O) groups is 1. The lowest BCUT2D eigenvalue weighted by Crippen LogP contribution is -2.31. The number of aromatic hydroxyl groups is 2. The Morgan fingerprint density at radius 3 is 2.68 bits per heavy atom. The quantitative estimate of drug-likeness (QED) is 0.616. The fourth-order valence-electron chi connectivity index (χ4n) is 2.33. The lowest BCUT2D eigenvalue weighted by molar-refractivity contribution is 0.0950. The third-order valence-corrected chi connectivity index (χ3v) is 3.53. The molecule has 0 spiro atoms. The number of piperidine rings is 1. The molecule has 5 nitrogen and oxygen atoms in total. The average Bonchev–Trinajstić information content (AvgIpc) is 2.43. The molecule has 104 valence electrons. The van der Waals surface area contributed by atoms with E-state index in [0.717, 1.165) is 32.4 Å². The molecule has 1 aromatic rings. The topological polar surface area (TPSA) is 81.6 Å². The predicted molar refractivity (Wildman–Crippen MR) is 72.3 cm³/mol. The van der Waals surface area contributed by atoms with Crippen LogP contribution < -0.4 is 10.6 Å². The minimum absolute atomic E-state index is 0.216. The van der Waals surface area contributed by atoms with E-state index in [4.69, 9.17) is 0 Å². The van der Waals surface area contributed by atoms with Gasteiger partial charge in [0, 0.05) is 12.1 Å². The first-order valence-corrected chi connectivity index (χ1v) is 6.67. The van der Waals surface area contributed by atoms with Gasteiger partial charge in [0.05, 0.1) is 0 Å². The zero-order chi connectivity index (χ0) is 13.7. The van der Waals surface area contributed by atoms with E-state index in [1.807, 2.05) is 0 Å². The number of nitrogens with one attached hydrogen (secondary N) is 2. The van der Waals surface area contributed by atoms with Gasteiger partial charge >= 0.3 is 0 Å². The summed E-state index contributed by atoms with van der Waals surface area (Å²) < 4.78 is 0. The molecule has 5 heteroatoms. The van der Waals surface area contributed by atoms with Gasteiger partial charge in [0.1, 0.15) is 0 Å².